The van der Waals surface area contributed by atoms with E-state index in [9.17, 15) is 14.4 Å². The zero-order valence-electron chi connectivity index (χ0n) is 16.4. The molecule has 0 aliphatic rings. The van der Waals surface area contributed by atoms with Crippen LogP contribution in [0.2, 0.25) is 0 Å². The maximum atomic E-state index is 13.2. The summed E-state index contributed by atoms with van der Waals surface area (Å²) >= 11 is 0. The molecule has 0 aliphatic heterocycles. The Morgan fingerprint density at radius 3 is 2.54 bits per heavy atom. The molecule has 8 heteroatoms. The highest BCUT2D eigenvalue weighted by atomic mass is 16.2. The molecule has 0 bridgehead atoms. The van der Waals surface area contributed by atoms with Crippen LogP contribution in [0.4, 0.5) is 0 Å². The molecule has 8 nitrogen and oxygen atoms in total. The molecule has 3 heterocycles. The van der Waals surface area contributed by atoms with Gasteiger partial charge >= 0.3 is 5.69 Å². The Hall–Kier alpha value is -3.42. The lowest BCUT2D eigenvalue weighted by atomic mass is 10.2. The van der Waals surface area contributed by atoms with Crippen LogP contribution in [0.1, 0.15) is 31.1 Å². The number of ketones is 1. The number of rotatable bonds is 3. The van der Waals surface area contributed by atoms with E-state index in [1.807, 2.05) is 48.9 Å². The molecule has 28 heavy (non-hydrogen) atoms. The van der Waals surface area contributed by atoms with Gasteiger partial charge in [-0.15, -0.1) is 0 Å². The predicted octanol–water partition coefficient (Wildman–Crippen LogP) is 1.91. The number of fused-ring (bicyclic) bond motifs is 3. The van der Waals surface area contributed by atoms with E-state index in [1.54, 1.807) is 18.4 Å². The van der Waals surface area contributed by atoms with Gasteiger partial charge in [-0.05, 0) is 45.4 Å². The molecule has 1 atom stereocenters. The van der Waals surface area contributed by atoms with Crippen molar-refractivity contribution in [3.63, 3.8) is 0 Å². The first-order valence-corrected chi connectivity index (χ1v) is 9.01. The number of nitrogens with zero attached hydrogens (tertiary/aromatic N) is 5. The Balaban J connectivity index is 2.15. The van der Waals surface area contributed by atoms with E-state index in [0.29, 0.717) is 11.4 Å². The van der Waals surface area contributed by atoms with Crippen molar-refractivity contribution in [1.29, 1.82) is 0 Å². The first kappa shape index (κ1) is 18.0. The van der Waals surface area contributed by atoms with Crippen molar-refractivity contribution in [3.05, 3.63) is 62.6 Å². The molecular formula is C20H21N5O3. The number of carbonyl (C=O) groups excluding carboxylic acids is 1. The van der Waals surface area contributed by atoms with Gasteiger partial charge in [0, 0.05) is 24.6 Å². The predicted molar refractivity (Wildman–Crippen MR) is 106 cm³/mol. The van der Waals surface area contributed by atoms with E-state index in [1.165, 1.54) is 11.5 Å². The molecule has 4 rings (SSSR count). The third-order valence-electron chi connectivity index (χ3n) is 5.21. The van der Waals surface area contributed by atoms with E-state index in [-0.39, 0.29) is 11.3 Å². The van der Waals surface area contributed by atoms with Gasteiger partial charge in [0.1, 0.15) is 0 Å². The highest BCUT2D eigenvalue weighted by Gasteiger charge is 2.24. The summed E-state index contributed by atoms with van der Waals surface area (Å²) in [5.74, 6) is 0.284. The number of aromatic nitrogens is 5. The van der Waals surface area contributed by atoms with Gasteiger partial charge in [0.25, 0.3) is 5.56 Å². The van der Waals surface area contributed by atoms with E-state index >= 15 is 0 Å². The normalized spacial score (nSPS) is 12.8. The van der Waals surface area contributed by atoms with Crippen LogP contribution < -0.4 is 11.2 Å². The summed E-state index contributed by atoms with van der Waals surface area (Å²) in [4.78, 5) is 42.3. The quantitative estimate of drug-likeness (QED) is 0.544. The first-order chi connectivity index (χ1) is 13.2. The second-order valence-corrected chi connectivity index (χ2v) is 7.20. The number of hydrogen-bond donors (Lipinski definition) is 0. The molecule has 0 spiro atoms. The molecule has 0 saturated carbocycles. The topological polar surface area (TPSA) is 83.3 Å². The third kappa shape index (κ3) is 2.37. The minimum absolute atomic E-state index is 0.257. The second kappa shape index (κ2) is 6.05. The number of aryl methyl sites for hydroxylation is 3. The van der Waals surface area contributed by atoms with Crippen molar-refractivity contribution < 1.29 is 4.79 Å². The summed E-state index contributed by atoms with van der Waals surface area (Å²) in [7, 11) is 1.56. The zero-order chi connectivity index (χ0) is 20.3. The van der Waals surface area contributed by atoms with E-state index in [4.69, 9.17) is 0 Å². The van der Waals surface area contributed by atoms with Crippen LogP contribution in [0.3, 0.4) is 0 Å². The lowest BCUT2D eigenvalue weighted by Gasteiger charge is -2.12. The molecule has 144 valence electrons. The fourth-order valence-electron chi connectivity index (χ4n) is 3.59. The number of imidazole rings is 2. The Labute approximate surface area is 160 Å². The van der Waals surface area contributed by atoms with Crippen molar-refractivity contribution in [1.82, 2.24) is 23.1 Å². The SMILES string of the molecule is CC(=O)[C@H](C)n1c(=O)c2c(nc3n(-c4cccc(C)c4)c(C)cn23)n(C)c1=O. The molecule has 0 amide bonds. The lowest BCUT2D eigenvalue weighted by Crippen LogP contribution is -2.42. The molecule has 0 N–H and O–H groups in total. The van der Waals surface area contributed by atoms with Gasteiger partial charge in [0.05, 0.1) is 6.04 Å². The second-order valence-electron chi connectivity index (χ2n) is 7.20. The highest BCUT2D eigenvalue weighted by molar-refractivity contribution is 5.81. The Kier molecular flexibility index (Phi) is 3.88. The summed E-state index contributed by atoms with van der Waals surface area (Å²) in [6, 6.07) is 7.12. The van der Waals surface area contributed by atoms with Crippen molar-refractivity contribution in [3.8, 4) is 5.69 Å². The van der Waals surface area contributed by atoms with Crippen molar-refractivity contribution >= 4 is 22.7 Å². The summed E-state index contributed by atoms with van der Waals surface area (Å²) in [5, 5.41) is 0. The Morgan fingerprint density at radius 2 is 1.89 bits per heavy atom. The zero-order valence-corrected chi connectivity index (χ0v) is 16.4. The minimum atomic E-state index is -0.846. The maximum absolute atomic E-state index is 13.2. The van der Waals surface area contributed by atoms with Gasteiger partial charge in [-0.25, -0.2) is 9.36 Å². The Bertz CT molecular complexity index is 1380. The maximum Gasteiger partial charge on any atom is 0.333 e. The van der Waals surface area contributed by atoms with Crippen LogP contribution in [0.15, 0.2) is 40.1 Å². The van der Waals surface area contributed by atoms with Crippen LogP contribution in [0, 0.1) is 13.8 Å². The molecule has 0 aliphatic carbocycles. The monoisotopic (exact) mass is 379 g/mol. The third-order valence-corrected chi connectivity index (χ3v) is 5.21. The van der Waals surface area contributed by atoms with Gasteiger partial charge in [0.15, 0.2) is 16.9 Å². The van der Waals surface area contributed by atoms with Crippen LogP contribution in [-0.4, -0.2) is 28.9 Å². The lowest BCUT2D eigenvalue weighted by molar-refractivity contribution is -0.119. The summed E-state index contributed by atoms with van der Waals surface area (Å²) in [6.07, 6.45) is 1.82. The average molecular weight is 379 g/mol. The molecule has 0 fully saturated rings. The molecule has 0 saturated heterocycles. The molecule has 4 aromatic rings. The fourth-order valence-corrected chi connectivity index (χ4v) is 3.59. The van der Waals surface area contributed by atoms with Crippen LogP contribution in [-0.2, 0) is 11.8 Å². The number of benzene rings is 1. The minimum Gasteiger partial charge on any atom is -0.298 e. The first-order valence-electron chi connectivity index (χ1n) is 9.01. The fraction of sp³-hybridized carbons (Fsp3) is 0.300. The van der Waals surface area contributed by atoms with Gasteiger partial charge in [-0.2, -0.15) is 4.98 Å². The van der Waals surface area contributed by atoms with E-state index in [2.05, 4.69) is 4.98 Å². The average Bonchev–Trinajstić information content (AvgIpc) is 3.14. The van der Waals surface area contributed by atoms with E-state index in [0.717, 1.165) is 21.5 Å². The number of carbonyl (C=O) groups is 1. The molecule has 0 radical (unpaired) electrons. The summed E-state index contributed by atoms with van der Waals surface area (Å²) in [5.41, 5.74) is 2.41. The number of hydrogen-bond acceptors (Lipinski definition) is 4. The molecule has 0 unspecified atom stereocenters. The van der Waals surface area contributed by atoms with Crippen molar-refractivity contribution in [2.45, 2.75) is 33.7 Å². The van der Waals surface area contributed by atoms with Gasteiger partial charge in [0.2, 0.25) is 5.78 Å². The summed E-state index contributed by atoms with van der Waals surface area (Å²) < 4.78 is 5.95. The van der Waals surface area contributed by atoms with Gasteiger partial charge < -0.3 is 0 Å². The van der Waals surface area contributed by atoms with Crippen LogP contribution in [0.5, 0.6) is 0 Å². The van der Waals surface area contributed by atoms with Gasteiger partial charge in [-0.3, -0.25) is 23.1 Å². The Morgan fingerprint density at radius 1 is 1.18 bits per heavy atom. The van der Waals surface area contributed by atoms with Crippen LogP contribution in [0.25, 0.3) is 22.6 Å². The highest BCUT2D eigenvalue weighted by Crippen LogP contribution is 2.21. The van der Waals surface area contributed by atoms with Crippen LogP contribution >= 0.6 is 0 Å². The smallest absolute Gasteiger partial charge is 0.298 e. The summed E-state index contributed by atoms with van der Waals surface area (Å²) in [6.45, 7) is 6.86. The molecule has 1 aromatic carbocycles. The van der Waals surface area contributed by atoms with Crippen molar-refractivity contribution in [2.75, 3.05) is 0 Å². The standard InChI is InChI=1S/C20H21N5O3/c1-11-7-6-8-15(9-11)24-12(2)10-23-16-17(21-19(23)24)22(5)20(28)25(18(16)27)13(3)14(4)26/h6-10,13H,1-5H3/t13-/m0/s1. The number of Topliss-reactive ketones (excluding diaryl/α,β-unsaturated/α-hetero) is 1. The molecular weight excluding hydrogens is 358 g/mol. The van der Waals surface area contributed by atoms with E-state index < -0.39 is 17.3 Å². The molecule has 3 aromatic heterocycles. The largest absolute Gasteiger partial charge is 0.333 e. The van der Waals surface area contributed by atoms with Crippen molar-refractivity contribution in [2.24, 2.45) is 7.05 Å². The van der Waals surface area contributed by atoms with Gasteiger partial charge in [-0.1, -0.05) is 12.1 Å².